The SMILES string of the molecule is CC(C)(C)O[Si]OC(F)(F)C(F)(F)C(F)(F)C(F)(F)C(F)(F)C(F)(F)CC(F)(F)F. The van der Waals surface area contributed by atoms with Crippen LogP contribution in [0.25, 0.3) is 0 Å². The second-order valence-electron chi connectivity index (χ2n) is 6.71. The molecule has 2 nitrogen and oxygen atoms in total. The van der Waals surface area contributed by atoms with E-state index in [4.69, 9.17) is 0 Å². The molecule has 30 heavy (non-hydrogen) atoms. The van der Waals surface area contributed by atoms with Crippen LogP contribution in [0.3, 0.4) is 0 Å². The van der Waals surface area contributed by atoms with Crippen molar-refractivity contribution in [1.82, 2.24) is 0 Å². The fourth-order valence-electron chi connectivity index (χ4n) is 1.43. The number of halogens is 15. The Morgan fingerprint density at radius 2 is 0.900 bits per heavy atom. The summed E-state index contributed by atoms with van der Waals surface area (Å²) in [5, 5.41) is 0. The fraction of sp³-hybridized carbons (Fsp3) is 1.00. The minimum Gasteiger partial charge on any atom is -0.388 e. The summed E-state index contributed by atoms with van der Waals surface area (Å²) in [5.41, 5.74) is -1.43. The lowest BCUT2D eigenvalue weighted by molar-refractivity contribution is -0.450. The van der Waals surface area contributed by atoms with Crippen LogP contribution >= 0.6 is 0 Å². The van der Waals surface area contributed by atoms with Crippen molar-refractivity contribution in [2.75, 3.05) is 0 Å². The second-order valence-corrected chi connectivity index (χ2v) is 7.29. The van der Waals surface area contributed by atoms with Crippen LogP contribution < -0.4 is 0 Å². The highest BCUT2D eigenvalue weighted by molar-refractivity contribution is 6.18. The quantitative estimate of drug-likeness (QED) is 0.283. The van der Waals surface area contributed by atoms with E-state index in [1.807, 2.05) is 0 Å². The van der Waals surface area contributed by atoms with Crippen molar-refractivity contribution in [1.29, 1.82) is 0 Å². The third kappa shape index (κ3) is 5.46. The van der Waals surface area contributed by atoms with Gasteiger partial charge in [-0.2, -0.15) is 65.9 Å². The molecule has 0 aromatic carbocycles. The van der Waals surface area contributed by atoms with Crippen molar-refractivity contribution >= 4 is 10.0 Å². The minimum atomic E-state index is -8.10. The Morgan fingerprint density at radius 1 is 0.533 bits per heavy atom. The first-order valence-corrected chi connectivity index (χ1v) is 7.92. The molecule has 0 heterocycles. The zero-order valence-corrected chi connectivity index (χ0v) is 15.7. The molecule has 18 heteroatoms. The fourth-order valence-corrected chi connectivity index (χ4v) is 1.96. The van der Waals surface area contributed by atoms with Crippen LogP contribution in [0.1, 0.15) is 27.2 Å². The normalized spacial score (nSPS) is 16.2. The molecule has 0 fully saturated rings. The van der Waals surface area contributed by atoms with E-state index in [0.29, 0.717) is 0 Å². The summed E-state index contributed by atoms with van der Waals surface area (Å²) < 4.78 is 202. The van der Waals surface area contributed by atoms with E-state index in [-0.39, 0.29) is 0 Å². The maximum Gasteiger partial charge on any atom is 0.438 e. The lowest BCUT2D eigenvalue weighted by Gasteiger charge is -2.41. The Kier molecular flexibility index (Phi) is 7.66. The van der Waals surface area contributed by atoms with Crippen molar-refractivity contribution in [2.24, 2.45) is 0 Å². The van der Waals surface area contributed by atoms with Crippen LogP contribution in [-0.2, 0) is 8.85 Å². The van der Waals surface area contributed by atoms with E-state index >= 15 is 0 Å². The lowest BCUT2D eigenvalue weighted by atomic mass is 9.92. The van der Waals surface area contributed by atoms with Gasteiger partial charge in [0.2, 0.25) is 0 Å². The first-order chi connectivity index (χ1) is 12.7. The Bertz CT molecular complexity index is 593. The highest BCUT2D eigenvalue weighted by Crippen LogP contribution is 2.61. The molecule has 0 saturated carbocycles. The third-order valence-corrected chi connectivity index (χ3v) is 3.98. The summed E-state index contributed by atoms with van der Waals surface area (Å²) in [5.74, 6) is -38.6. The highest BCUT2D eigenvalue weighted by atomic mass is 28.3. The molecule has 0 spiro atoms. The van der Waals surface area contributed by atoms with Crippen molar-refractivity contribution in [3.05, 3.63) is 0 Å². The van der Waals surface area contributed by atoms with E-state index in [1.54, 1.807) is 0 Å². The van der Waals surface area contributed by atoms with Gasteiger partial charge in [-0.15, -0.1) is 0 Å². The van der Waals surface area contributed by atoms with Crippen LogP contribution in [0, 0.1) is 0 Å². The summed E-state index contributed by atoms with van der Waals surface area (Å²) in [6.45, 7) is 3.31. The van der Waals surface area contributed by atoms with Crippen LogP contribution in [-0.4, -0.2) is 57.5 Å². The highest BCUT2D eigenvalue weighted by Gasteiger charge is 2.91. The Morgan fingerprint density at radius 3 is 1.23 bits per heavy atom. The number of rotatable bonds is 9. The standard InChI is InChI=1S/C12H11F15O2Si/c1-5(2,3)28-30-29-12(26,27)11(24,25)10(22,23)9(20,21)8(18,19)6(13,14)4-7(15,16)17/h4H2,1-3H3. The molecule has 0 bridgehead atoms. The lowest BCUT2D eigenvalue weighted by Crippen LogP contribution is -2.71. The molecule has 0 rings (SSSR count). The zero-order valence-electron chi connectivity index (χ0n) is 14.7. The largest absolute Gasteiger partial charge is 0.438 e. The predicted octanol–water partition coefficient (Wildman–Crippen LogP) is 6.07. The predicted molar refractivity (Wildman–Crippen MR) is 68.0 cm³/mol. The summed E-state index contributed by atoms with van der Waals surface area (Å²) in [6.07, 6.45) is -17.2. The molecule has 0 aliphatic carbocycles. The van der Waals surface area contributed by atoms with Gasteiger partial charge in [-0.05, 0) is 20.8 Å². The smallest absolute Gasteiger partial charge is 0.388 e. The first-order valence-electron chi connectivity index (χ1n) is 7.11. The summed E-state index contributed by atoms with van der Waals surface area (Å²) in [6, 6.07) is 0. The van der Waals surface area contributed by atoms with E-state index < -0.39 is 63.9 Å². The minimum absolute atomic E-state index is 1.10. The van der Waals surface area contributed by atoms with Gasteiger partial charge < -0.3 is 8.85 Å². The molecular formula is C12H11F15O2Si. The van der Waals surface area contributed by atoms with Gasteiger partial charge in [0.05, 0.1) is 0 Å². The van der Waals surface area contributed by atoms with E-state index in [9.17, 15) is 65.9 Å². The van der Waals surface area contributed by atoms with Gasteiger partial charge in [0.1, 0.15) is 6.42 Å². The summed E-state index contributed by atoms with van der Waals surface area (Å²) in [7, 11) is -2.25. The van der Waals surface area contributed by atoms with E-state index in [0.717, 1.165) is 20.8 Å². The first kappa shape index (κ1) is 29.1. The van der Waals surface area contributed by atoms with Gasteiger partial charge in [-0.25, -0.2) is 0 Å². The van der Waals surface area contributed by atoms with Gasteiger partial charge in [-0.3, -0.25) is 0 Å². The average molecular weight is 500 g/mol. The van der Waals surface area contributed by atoms with Crippen molar-refractivity contribution in [3.63, 3.8) is 0 Å². The Balaban J connectivity index is 6.09. The van der Waals surface area contributed by atoms with Crippen LogP contribution in [0.2, 0.25) is 0 Å². The third-order valence-electron chi connectivity index (χ3n) is 2.95. The van der Waals surface area contributed by atoms with Crippen LogP contribution in [0.4, 0.5) is 65.9 Å². The Hall–Kier alpha value is -0.913. The molecule has 0 N–H and O–H groups in total. The molecule has 0 atom stereocenters. The summed E-state index contributed by atoms with van der Waals surface area (Å²) in [4.78, 5) is 0. The maximum absolute atomic E-state index is 13.4. The van der Waals surface area contributed by atoms with Gasteiger partial charge in [-0.1, -0.05) is 0 Å². The molecule has 0 aliphatic heterocycles. The van der Waals surface area contributed by atoms with Crippen molar-refractivity contribution in [2.45, 2.75) is 74.7 Å². The molecular weight excluding hydrogens is 489 g/mol. The van der Waals surface area contributed by atoms with Crippen LogP contribution in [0.15, 0.2) is 0 Å². The molecule has 180 valence electrons. The average Bonchev–Trinajstić information content (AvgIpc) is 2.41. The number of alkyl halides is 15. The monoisotopic (exact) mass is 500 g/mol. The summed E-state index contributed by atoms with van der Waals surface area (Å²) >= 11 is 0. The van der Waals surface area contributed by atoms with Crippen molar-refractivity contribution in [3.8, 4) is 0 Å². The molecule has 0 saturated heterocycles. The van der Waals surface area contributed by atoms with Crippen LogP contribution in [0.5, 0.6) is 0 Å². The number of hydrogen-bond acceptors (Lipinski definition) is 2. The number of hydrogen-bond donors (Lipinski definition) is 0. The molecule has 0 aromatic heterocycles. The van der Waals surface area contributed by atoms with Crippen molar-refractivity contribution < 1.29 is 74.7 Å². The molecule has 0 aromatic rings. The van der Waals surface area contributed by atoms with E-state index in [2.05, 4.69) is 8.85 Å². The van der Waals surface area contributed by atoms with Gasteiger partial charge in [0, 0.05) is 5.60 Å². The molecule has 2 radical (unpaired) electrons. The van der Waals surface area contributed by atoms with Gasteiger partial charge in [0.25, 0.3) is 0 Å². The van der Waals surface area contributed by atoms with Gasteiger partial charge >= 0.3 is 51.9 Å². The zero-order chi connectivity index (χ0) is 24.8. The molecule has 0 aliphatic rings. The van der Waals surface area contributed by atoms with Gasteiger partial charge in [0.15, 0.2) is 0 Å². The topological polar surface area (TPSA) is 18.5 Å². The second kappa shape index (κ2) is 7.90. The molecule has 0 amide bonds. The molecule has 0 unspecified atom stereocenters. The maximum atomic E-state index is 13.4. The van der Waals surface area contributed by atoms with E-state index in [1.165, 1.54) is 0 Å². The Labute approximate surface area is 160 Å².